The van der Waals surface area contributed by atoms with Crippen molar-refractivity contribution >= 4 is 21.8 Å². The lowest BCUT2D eigenvalue weighted by molar-refractivity contribution is -0.124. The van der Waals surface area contributed by atoms with Crippen molar-refractivity contribution in [2.75, 3.05) is 20.3 Å². The van der Waals surface area contributed by atoms with Gasteiger partial charge in [0.15, 0.2) is 0 Å². The minimum atomic E-state index is -0.312. The lowest BCUT2D eigenvalue weighted by Crippen LogP contribution is -2.33. The molecule has 0 saturated heterocycles. The lowest BCUT2D eigenvalue weighted by atomic mass is 10.3. The molecule has 0 aliphatic carbocycles. The first-order valence-corrected chi connectivity index (χ1v) is 5.40. The molecule has 1 aromatic rings. The Labute approximate surface area is 96.9 Å². The van der Waals surface area contributed by atoms with Crippen LogP contribution < -0.4 is 5.32 Å². The van der Waals surface area contributed by atoms with Crippen LogP contribution in [0.4, 0.5) is 0 Å². The number of amides is 1. The van der Waals surface area contributed by atoms with Gasteiger partial charge in [0.1, 0.15) is 6.04 Å². The predicted molar refractivity (Wildman–Crippen MR) is 59.5 cm³/mol. The second kappa shape index (κ2) is 5.87. The van der Waals surface area contributed by atoms with Crippen LogP contribution in [0.2, 0.25) is 0 Å². The van der Waals surface area contributed by atoms with E-state index < -0.39 is 0 Å². The molecule has 6 heteroatoms. The SMILES string of the molecule is COCCNC(=O)C(C)n1cc(Br)cn1. The molecule has 1 N–H and O–H groups in total. The first kappa shape index (κ1) is 12.2. The van der Waals surface area contributed by atoms with E-state index in [9.17, 15) is 4.79 Å². The van der Waals surface area contributed by atoms with Crippen molar-refractivity contribution < 1.29 is 9.53 Å². The van der Waals surface area contributed by atoms with Crippen LogP contribution in [0, 0.1) is 0 Å². The Morgan fingerprint density at radius 2 is 2.53 bits per heavy atom. The van der Waals surface area contributed by atoms with Gasteiger partial charge in [-0.15, -0.1) is 0 Å². The number of aromatic nitrogens is 2. The first-order chi connectivity index (χ1) is 7.15. The Hall–Kier alpha value is -0.880. The number of hydrogen-bond acceptors (Lipinski definition) is 3. The fourth-order valence-corrected chi connectivity index (χ4v) is 1.37. The average Bonchev–Trinajstić information content (AvgIpc) is 2.64. The van der Waals surface area contributed by atoms with Crippen LogP contribution in [-0.4, -0.2) is 35.9 Å². The molecule has 0 aromatic carbocycles. The Morgan fingerprint density at radius 1 is 1.80 bits per heavy atom. The molecule has 0 saturated carbocycles. The summed E-state index contributed by atoms with van der Waals surface area (Å²) in [5.41, 5.74) is 0. The summed E-state index contributed by atoms with van der Waals surface area (Å²) >= 11 is 3.28. The van der Waals surface area contributed by atoms with E-state index in [-0.39, 0.29) is 11.9 Å². The van der Waals surface area contributed by atoms with Gasteiger partial charge in [0.05, 0.1) is 17.3 Å². The van der Waals surface area contributed by atoms with E-state index in [1.165, 1.54) is 0 Å². The highest BCUT2D eigenvalue weighted by atomic mass is 79.9. The molecule has 1 amide bonds. The van der Waals surface area contributed by atoms with Crippen LogP contribution in [0.1, 0.15) is 13.0 Å². The maximum absolute atomic E-state index is 11.6. The normalized spacial score (nSPS) is 12.5. The topological polar surface area (TPSA) is 56.1 Å². The van der Waals surface area contributed by atoms with Crippen molar-refractivity contribution in [3.05, 3.63) is 16.9 Å². The summed E-state index contributed by atoms with van der Waals surface area (Å²) in [7, 11) is 1.60. The maximum Gasteiger partial charge on any atom is 0.244 e. The summed E-state index contributed by atoms with van der Waals surface area (Å²) in [5, 5.41) is 6.79. The van der Waals surface area contributed by atoms with E-state index in [1.807, 2.05) is 0 Å². The Bertz CT molecular complexity index is 327. The monoisotopic (exact) mass is 275 g/mol. The molecule has 0 spiro atoms. The highest BCUT2D eigenvalue weighted by Gasteiger charge is 2.14. The molecule has 1 rings (SSSR count). The van der Waals surface area contributed by atoms with E-state index in [4.69, 9.17) is 4.74 Å². The van der Waals surface area contributed by atoms with E-state index >= 15 is 0 Å². The minimum Gasteiger partial charge on any atom is -0.383 e. The van der Waals surface area contributed by atoms with E-state index in [0.29, 0.717) is 13.2 Å². The molecule has 0 aliphatic heterocycles. The van der Waals surface area contributed by atoms with Gasteiger partial charge in [-0.1, -0.05) is 0 Å². The molecule has 5 nitrogen and oxygen atoms in total. The van der Waals surface area contributed by atoms with Crippen molar-refractivity contribution in [2.45, 2.75) is 13.0 Å². The first-order valence-electron chi connectivity index (χ1n) is 4.61. The highest BCUT2D eigenvalue weighted by Crippen LogP contribution is 2.11. The van der Waals surface area contributed by atoms with E-state index in [1.54, 1.807) is 31.1 Å². The van der Waals surface area contributed by atoms with Crippen LogP contribution in [0.5, 0.6) is 0 Å². The number of nitrogens with zero attached hydrogens (tertiary/aromatic N) is 2. The van der Waals surface area contributed by atoms with Gasteiger partial charge in [-0.05, 0) is 22.9 Å². The Kier molecular flexibility index (Phi) is 4.77. The summed E-state index contributed by atoms with van der Waals surface area (Å²) < 4.78 is 7.30. The fraction of sp³-hybridized carbons (Fsp3) is 0.556. The molecule has 1 heterocycles. The molecule has 1 unspecified atom stereocenters. The van der Waals surface area contributed by atoms with Gasteiger partial charge in [0, 0.05) is 19.9 Å². The van der Waals surface area contributed by atoms with Crippen molar-refractivity contribution in [3.63, 3.8) is 0 Å². The van der Waals surface area contributed by atoms with Crippen LogP contribution in [0.3, 0.4) is 0 Å². The number of carbonyl (C=O) groups is 1. The smallest absolute Gasteiger partial charge is 0.244 e. The third-order valence-corrected chi connectivity index (χ3v) is 2.36. The summed E-state index contributed by atoms with van der Waals surface area (Å²) in [5.74, 6) is -0.0670. The van der Waals surface area contributed by atoms with Gasteiger partial charge in [0.25, 0.3) is 0 Å². The quantitative estimate of drug-likeness (QED) is 0.815. The molecule has 1 aromatic heterocycles. The number of nitrogens with one attached hydrogen (secondary N) is 1. The number of rotatable bonds is 5. The highest BCUT2D eigenvalue weighted by molar-refractivity contribution is 9.10. The Balaban J connectivity index is 2.46. The average molecular weight is 276 g/mol. The predicted octanol–water partition coefficient (Wildman–Crippen LogP) is 0.969. The van der Waals surface area contributed by atoms with Crippen LogP contribution in [-0.2, 0) is 9.53 Å². The second-order valence-corrected chi connectivity index (χ2v) is 4.01. The van der Waals surface area contributed by atoms with Crippen LogP contribution in [0.15, 0.2) is 16.9 Å². The molecule has 0 radical (unpaired) electrons. The number of halogens is 1. The number of ether oxygens (including phenoxy) is 1. The van der Waals surface area contributed by atoms with E-state index in [2.05, 4.69) is 26.3 Å². The van der Waals surface area contributed by atoms with Gasteiger partial charge in [0.2, 0.25) is 5.91 Å². The zero-order valence-corrected chi connectivity index (χ0v) is 10.3. The Morgan fingerprint density at radius 3 is 3.07 bits per heavy atom. The minimum absolute atomic E-state index is 0.0670. The second-order valence-electron chi connectivity index (χ2n) is 3.10. The zero-order valence-electron chi connectivity index (χ0n) is 8.74. The van der Waals surface area contributed by atoms with Gasteiger partial charge >= 0.3 is 0 Å². The van der Waals surface area contributed by atoms with Crippen LogP contribution >= 0.6 is 15.9 Å². The lowest BCUT2D eigenvalue weighted by Gasteiger charge is -2.12. The summed E-state index contributed by atoms with van der Waals surface area (Å²) in [6.45, 7) is 2.82. The van der Waals surface area contributed by atoms with Gasteiger partial charge in [-0.2, -0.15) is 5.10 Å². The summed E-state index contributed by atoms with van der Waals surface area (Å²) in [4.78, 5) is 11.6. The zero-order chi connectivity index (χ0) is 11.3. The molecule has 84 valence electrons. The van der Waals surface area contributed by atoms with Crippen molar-refractivity contribution in [2.24, 2.45) is 0 Å². The standard InChI is InChI=1S/C9H14BrN3O2/c1-7(9(14)11-3-4-15-2)13-6-8(10)5-12-13/h5-7H,3-4H2,1-2H3,(H,11,14). The van der Waals surface area contributed by atoms with E-state index in [0.717, 1.165) is 4.47 Å². The third kappa shape index (κ3) is 3.64. The molecular weight excluding hydrogens is 262 g/mol. The van der Waals surface area contributed by atoms with Crippen molar-refractivity contribution in [1.82, 2.24) is 15.1 Å². The number of methoxy groups -OCH3 is 1. The molecule has 0 aliphatic rings. The van der Waals surface area contributed by atoms with Gasteiger partial charge in [-0.25, -0.2) is 0 Å². The maximum atomic E-state index is 11.6. The summed E-state index contributed by atoms with van der Waals surface area (Å²) in [6, 6.07) is -0.312. The van der Waals surface area contributed by atoms with Crippen molar-refractivity contribution in [3.8, 4) is 0 Å². The molecular formula is C9H14BrN3O2. The molecule has 15 heavy (non-hydrogen) atoms. The molecule has 1 atom stereocenters. The largest absolute Gasteiger partial charge is 0.383 e. The summed E-state index contributed by atoms with van der Waals surface area (Å²) in [6.07, 6.45) is 3.42. The van der Waals surface area contributed by atoms with Crippen LogP contribution in [0.25, 0.3) is 0 Å². The van der Waals surface area contributed by atoms with Gasteiger partial charge < -0.3 is 10.1 Å². The van der Waals surface area contributed by atoms with Gasteiger partial charge in [-0.3, -0.25) is 9.48 Å². The fourth-order valence-electron chi connectivity index (χ4n) is 1.07. The third-order valence-electron chi connectivity index (χ3n) is 1.95. The number of hydrogen-bond donors (Lipinski definition) is 1. The molecule has 0 bridgehead atoms. The number of carbonyl (C=O) groups excluding carboxylic acids is 1. The molecule has 0 fully saturated rings. The van der Waals surface area contributed by atoms with Crippen molar-refractivity contribution in [1.29, 1.82) is 0 Å².